The van der Waals surface area contributed by atoms with E-state index in [9.17, 15) is 19.5 Å². The van der Waals surface area contributed by atoms with Crippen molar-refractivity contribution in [2.24, 2.45) is 17.4 Å². The van der Waals surface area contributed by atoms with Crippen LogP contribution in [-0.4, -0.2) is 47.6 Å². The predicted octanol–water partition coefficient (Wildman–Crippen LogP) is 0.786. The molecule has 0 aliphatic heterocycles. The number of rotatable bonds is 13. The minimum Gasteiger partial charge on any atom is -0.480 e. The molecule has 0 aromatic heterocycles. The summed E-state index contributed by atoms with van der Waals surface area (Å²) in [5, 5.41) is 14.8. The van der Waals surface area contributed by atoms with Crippen molar-refractivity contribution in [1.29, 1.82) is 0 Å². The highest BCUT2D eigenvalue weighted by Gasteiger charge is 2.31. The zero-order valence-corrected chi connectivity index (χ0v) is 17.3. The number of hydrogen-bond acceptors (Lipinski definition) is 5. The lowest BCUT2D eigenvalue weighted by molar-refractivity contribution is -0.142. The lowest BCUT2D eigenvalue weighted by atomic mass is 9.96. The first-order valence-corrected chi connectivity index (χ1v) is 10.1. The van der Waals surface area contributed by atoms with Gasteiger partial charge in [0.2, 0.25) is 11.8 Å². The first-order valence-electron chi connectivity index (χ1n) is 10.1. The average Bonchev–Trinajstić information content (AvgIpc) is 2.71. The lowest BCUT2D eigenvalue weighted by Gasteiger charge is -2.26. The van der Waals surface area contributed by atoms with Gasteiger partial charge in [0, 0.05) is 6.42 Å². The maximum atomic E-state index is 12.8. The number of benzene rings is 1. The fourth-order valence-electron chi connectivity index (χ4n) is 2.91. The fourth-order valence-corrected chi connectivity index (χ4v) is 2.91. The molecule has 1 rings (SSSR count). The molecule has 0 saturated carbocycles. The van der Waals surface area contributed by atoms with Gasteiger partial charge in [-0.25, -0.2) is 4.79 Å². The van der Waals surface area contributed by atoms with Crippen LogP contribution in [0.1, 0.15) is 45.1 Å². The maximum Gasteiger partial charge on any atom is 0.326 e. The number of carboxylic acid groups (broad SMARTS) is 1. The second-order valence-electron chi connectivity index (χ2n) is 7.35. The van der Waals surface area contributed by atoms with E-state index in [2.05, 4.69) is 10.6 Å². The van der Waals surface area contributed by atoms with E-state index < -0.39 is 35.9 Å². The molecule has 7 N–H and O–H groups in total. The van der Waals surface area contributed by atoms with Crippen LogP contribution in [0.3, 0.4) is 0 Å². The molecule has 0 saturated heterocycles. The minimum atomic E-state index is -1.13. The Kier molecular flexibility index (Phi) is 10.9. The van der Waals surface area contributed by atoms with Crippen molar-refractivity contribution in [2.45, 2.75) is 64.1 Å². The fraction of sp³-hybridized carbons (Fsp3) is 0.571. The van der Waals surface area contributed by atoms with E-state index >= 15 is 0 Å². The highest BCUT2D eigenvalue weighted by molar-refractivity contribution is 5.92. The van der Waals surface area contributed by atoms with E-state index in [-0.39, 0.29) is 12.3 Å². The Morgan fingerprint density at radius 2 is 1.72 bits per heavy atom. The summed E-state index contributed by atoms with van der Waals surface area (Å²) in [5.41, 5.74) is 12.2. The predicted molar refractivity (Wildman–Crippen MR) is 112 cm³/mol. The molecule has 4 atom stereocenters. The number of carboxylic acids is 1. The Balaban J connectivity index is 2.80. The van der Waals surface area contributed by atoms with Crippen LogP contribution in [0.25, 0.3) is 0 Å². The third-order valence-corrected chi connectivity index (χ3v) is 5.00. The van der Waals surface area contributed by atoms with Crippen LogP contribution < -0.4 is 22.1 Å². The molecule has 8 nitrogen and oxygen atoms in total. The zero-order chi connectivity index (χ0) is 21.8. The molecule has 0 heterocycles. The molecule has 4 unspecified atom stereocenters. The van der Waals surface area contributed by atoms with E-state index in [0.717, 1.165) is 18.4 Å². The largest absolute Gasteiger partial charge is 0.480 e. The van der Waals surface area contributed by atoms with Crippen molar-refractivity contribution in [1.82, 2.24) is 10.6 Å². The summed E-state index contributed by atoms with van der Waals surface area (Å²) in [5.74, 6) is -2.25. The van der Waals surface area contributed by atoms with E-state index in [0.29, 0.717) is 19.4 Å². The molecular weight excluding hydrogens is 372 g/mol. The van der Waals surface area contributed by atoms with Gasteiger partial charge in [0.15, 0.2) is 0 Å². The Morgan fingerprint density at radius 1 is 1.07 bits per heavy atom. The molecule has 0 aliphatic rings. The van der Waals surface area contributed by atoms with Gasteiger partial charge >= 0.3 is 5.97 Å². The van der Waals surface area contributed by atoms with Gasteiger partial charge in [-0.3, -0.25) is 9.59 Å². The van der Waals surface area contributed by atoms with Crippen LogP contribution >= 0.6 is 0 Å². The summed E-state index contributed by atoms with van der Waals surface area (Å²) in [4.78, 5) is 36.9. The maximum absolute atomic E-state index is 12.8. The molecule has 8 heteroatoms. The molecule has 1 aromatic carbocycles. The minimum absolute atomic E-state index is 0.154. The average molecular weight is 407 g/mol. The number of aliphatic carboxylic acids is 1. The normalized spacial score (nSPS) is 15.0. The molecule has 0 radical (unpaired) electrons. The highest BCUT2D eigenvalue weighted by Crippen LogP contribution is 2.11. The summed E-state index contributed by atoms with van der Waals surface area (Å²) in [6.07, 6.45) is 2.77. The summed E-state index contributed by atoms with van der Waals surface area (Å²) >= 11 is 0. The van der Waals surface area contributed by atoms with Gasteiger partial charge in [-0.05, 0) is 30.9 Å². The van der Waals surface area contributed by atoms with E-state index in [1.54, 1.807) is 12.1 Å². The van der Waals surface area contributed by atoms with Crippen molar-refractivity contribution in [3.8, 4) is 0 Å². The second kappa shape index (κ2) is 12.9. The first-order chi connectivity index (χ1) is 13.8. The van der Waals surface area contributed by atoms with Crippen LogP contribution in [0.4, 0.5) is 0 Å². The van der Waals surface area contributed by atoms with Gasteiger partial charge in [-0.1, -0.05) is 57.0 Å². The van der Waals surface area contributed by atoms with Crippen LogP contribution in [0, 0.1) is 5.92 Å². The van der Waals surface area contributed by atoms with E-state index in [1.807, 2.05) is 32.0 Å². The van der Waals surface area contributed by atoms with Gasteiger partial charge in [0.05, 0.1) is 6.04 Å². The number of hydrogen-bond donors (Lipinski definition) is 5. The van der Waals surface area contributed by atoms with Gasteiger partial charge in [0.1, 0.15) is 12.1 Å². The summed E-state index contributed by atoms with van der Waals surface area (Å²) in [6.45, 7) is 4.26. The number of carbonyl (C=O) groups excluding carboxylic acids is 2. The monoisotopic (exact) mass is 406 g/mol. The molecule has 2 amide bonds. The van der Waals surface area contributed by atoms with Gasteiger partial charge in [-0.2, -0.15) is 0 Å². The smallest absolute Gasteiger partial charge is 0.326 e. The third-order valence-electron chi connectivity index (χ3n) is 5.00. The molecule has 0 aliphatic carbocycles. The van der Waals surface area contributed by atoms with Gasteiger partial charge in [0.25, 0.3) is 0 Å². The topological polar surface area (TPSA) is 148 Å². The SMILES string of the molecule is CCC(C)C(NC(=O)C(N)CCCCN)C(=O)NC(Cc1ccccc1)C(=O)O. The molecule has 0 fully saturated rings. The zero-order valence-electron chi connectivity index (χ0n) is 17.3. The number of carbonyl (C=O) groups is 3. The van der Waals surface area contributed by atoms with Gasteiger partial charge < -0.3 is 27.2 Å². The molecule has 162 valence electrons. The first kappa shape index (κ1) is 24.6. The Labute approximate surface area is 172 Å². The number of nitrogens with two attached hydrogens (primary N) is 2. The van der Waals surface area contributed by atoms with E-state index in [1.165, 1.54) is 0 Å². The Bertz CT molecular complexity index is 653. The Hall–Kier alpha value is -2.45. The lowest BCUT2D eigenvalue weighted by Crippen LogP contribution is -2.57. The molecule has 1 aromatic rings. The van der Waals surface area contributed by atoms with Crippen LogP contribution in [0.5, 0.6) is 0 Å². The summed E-state index contributed by atoms with van der Waals surface area (Å²) in [7, 11) is 0. The molecule has 29 heavy (non-hydrogen) atoms. The van der Waals surface area contributed by atoms with E-state index in [4.69, 9.17) is 11.5 Å². The molecule has 0 bridgehead atoms. The molecular formula is C21H34N4O4. The van der Waals surface area contributed by atoms with Crippen LogP contribution in [0.2, 0.25) is 0 Å². The highest BCUT2D eigenvalue weighted by atomic mass is 16.4. The van der Waals surface area contributed by atoms with Crippen molar-refractivity contribution in [3.05, 3.63) is 35.9 Å². The van der Waals surface area contributed by atoms with Crippen molar-refractivity contribution < 1.29 is 19.5 Å². The number of amides is 2. The van der Waals surface area contributed by atoms with Crippen LogP contribution in [0.15, 0.2) is 30.3 Å². The second-order valence-corrected chi connectivity index (χ2v) is 7.35. The molecule has 0 spiro atoms. The third kappa shape index (κ3) is 8.62. The standard InChI is InChI=1S/C21H34N4O4/c1-3-14(2)18(25-19(26)16(23)11-7-8-12-22)20(27)24-17(21(28)29)13-15-9-5-4-6-10-15/h4-6,9-10,14,16-18H,3,7-8,11-13,22-23H2,1-2H3,(H,24,27)(H,25,26)(H,28,29). The Morgan fingerprint density at radius 3 is 2.28 bits per heavy atom. The van der Waals surface area contributed by atoms with Crippen molar-refractivity contribution in [3.63, 3.8) is 0 Å². The summed E-state index contributed by atoms with van der Waals surface area (Å²) in [6, 6.07) is 6.38. The van der Waals surface area contributed by atoms with Crippen LogP contribution in [-0.2, 0) is 20.8 Å². The number of unbranched alkanes of at least 4 members (excludes halogenated alkanes) is 1. The van der Waals surface area contributed by atoms with Crippen molar-refractivity contribution in [2.75, 3.05) is 6.54 Å². The number of nitrogens with one attached hydrogen (secondary N) is 2. The van der Waals surface area contributed by atoms with Gasteiger partial charge in [-0.15, -0.1) is 0 Å². The van der Waals surface area contributed by atoms with Crippen molar-refractivity contribution >= 4 is 17.8 Å². The summed E-state index contributed by atoms with van der Waals surface area (Å²) < 4.78 is 0. The quantitative estimate of drug-likeness (QED) is 0.306.